The zero-order chi connectivity index (χ0) is 11.3. The fourth-order valence-corrected chi connectivity index (χ4v) is 1.16. The zero-order valence-electron chi connectivity index (χ0n) is 8.01. The fourth-order valence-electron chi connectivity index (χ4n) is 1.16. The number of carbonyl (C=O) groups is 2. The molecule has 0 heterocycles. The van der Waals surface area contributed by atoms with Crippen molar-refractivity contribution in [2.24, 2.45) is 17.4 Å². The highest BCUT2D eigenvalue weighted by atomic mass is 16.4. The van der Waals surface area contributed by atoms with Crippen LogP contribution in [0.3, 0.4) is 0 Å². The van der Waals surface area contributed by atoms with Gasteiger partial charge in [-0.25, -0.2) is 0 Å². The molecule has 0 radical (unpaired) electrons. The van der Waals surface area contributed by atoms with Crippen LogP contribution in [0.1, 0.15) is 19.8 Å². The van der Waals surface area contributed by atoms with Crippen LogP contribution in [0.25, 0.3) is 0 Å². The minimum Gasteiger partial charge on any atom is -0.480 e. The number of aliphatic carboxylic acids is 2. The number of hydrogen-bond acceptors (Lipinski definition) is 4. The van der Waals surface area contributed by atoms with E-state index < -0.39 is 24.0 Å². The lowest BCUT2D eigenvalue weighted by Crippen LogP contribution is -2.36. The Morgan fingerprint density at radius 3 is 1.57 bits per heavy atom. The highest BCUT2D eigenvalue weighted by Gasteiger charge is 2.20. The van der Waals surface area contributed by atoms with Gasteiger partial charge in [0.05, 0.1) is 0 Å². The molecule has 6 heteroatoms. The van der Waals surface area contributed by atoms with Crippen molar-refractivity contribution in [2.75, 3.05) is 0 Å². The van der Waals surface area contributed by atoms with Crippen molar-refractivity contribution >= 4 is 11.9 Å². The maximum absolute atomic E-state index is 10.4. The average Bonchev–Trinajstić information content (AvgIpc) is 2.03. The van der Waals surface area contributed by atoms with Crippen LogP contribution < -0.4 is 11.5 Å². The Morgan fingerprint density at radius 1 is 1.07 bits per heavy atom. The third-order valence-corrected chi connectivity index (χ3v) is 1.95. The van der Waals surface area contributed by atoms with Gasteiger partial charge in [0.1, 0.15) is 12.1 Å². The molecule has 0 aliphatic rings. The number of rotatable bonds is 6. The Hall–Kier alpha value is -1.14. The number of carboxylic acid groups (broad SMARTS) is 2. The zero-order valence-corrected chi connectivity index (χ0v) is 8.01. The highest BCUT2D eigenvalue weighted by Crippen LogP contribution is 2.11. The van der Waals surface area contributed by atoms with Gasteiger partial charge in [-0.1, -0.05) is 6.92 Å². The van der Waals surface area contributed by atoms with Crippen LogP contribution in [0.2, 0.25) is 0 Å². The van der Waals surface area contributed by atoms with Crippen molar-refractivity contribution in [1.29, 1.82) is 0 Å². The van der Waals surface area contributed by atoms with Crippen molar-refractivity contribution in [1.82, 2.24) is 0 Å². The normalized spacial score (nSPS) is 17.1. The maximum Gasteiger partial charge on any atom is 0.320 e. The molecule has 0 fully saturated rings. The first-order valence-electron chi connectivity index (χ1n) is 4.31. The van der Waals surface area contributed by atoms with Crippen LogP contribution in [0.4, 0.5) is 0 Å². The quantitative estimate of drug-likeness (QED) is 0.450. The lowest BCUT2D eigenvalue weighted by atomic mass is 9.95. The van der Waals surface area contributed by atoms with E-state index in [1.54, 1.807) is 6.92 Å². The largest absolute Gasteiger partial charge is 0.480 e. The summed E-state index contributed by atoms with van der Waals surface area (Å²) in [4.78, 5) is 20.8. The Kier molecular flexibility index (Phi) is 5.11. The summed E-state index contributed by atoms with van der Waals surface area (Å²) in [5.41, 5.74) is 10.6. The summed E-state index contributed by atoms with van der Waals surface area (Å²) in [7, 11) is 0. The van der Waals surface area contributed by atoms with Gasteiger partial charge in [-0.3, -0.25) is 9.59 Å². The number of hydrogen-bond donors (Lipinski definition) is 4. The van der Waals surface area contributed by atoms with Crippen LogP contribution in [-0.4, -0.2) is 34.2 Å². The predicted octanol–water partition coefficient (Wildman–Crippen LogP) is -0.773. The predicted molar refractivity (Wildman–Crippen MR) is 49.6 cm³/mol. The van der Waals surface area contributed by atoms with Crippen LogP contribution in [-0.2, 0) is 9.59 Å². The van der Waals surface area contributed by atoms with Crippen molar-refractivity contribution < 1.29 is 19.8 Å². The van der Waals surface area contributed by atoms with Gasteiger partial charge in [-0.2, -0.15) is 0 Å². The van der Waals surface area contributed by atoms with Gasteiger partial charge in [0.25, 0.3) is 0 Å². The van der Waals surface area contributed by atoms with Gasteiger partial charge in [0.2, 0.25) is 0 Å². The number of carboxylic acids is 2. The molecule has 2 atom stereocenters. The van der Waals surface area contributed by atoms with Crippen molar-refractivity contribution in [3.8, 4) is 0 Å². The smallest absolute Gasteiger partial charge is 0.320 e. The summed E-state index contributed by atoms with van der Waals surface area (Å²) in [6.07, 6.45) is 0.465. The van der Waals surface area contributed by atoms with Crippen LogP contribution in [0.5, 0.6) is 0 Å². The molecule has 0 amide bonds. The highest BCUT2D eigenvalue weighted by molar-refractivity contribution is 5.73. The van der Waals surface area contributed by atoms with Gasteiger partial charge < -0.3 is 21.7 Å². The van der Waals surface area contributed by atoms with E-state index in [0.717, 1.165) is 0 Å². The first kappa shape index (κ1) is 12.9. The SMILES string of the molecule is CC(CC(N)C(=O)O)CC(N)C(=O)O. The minimum atomic E-state index is -1.08. The Morgan fingerprint density at radius 2 is 1.36 bits per heavy atom. The monoisotopic (exact) mass is 204 g/mol. The topological polar surface area (TPSA) is 127 Å². The van der Waals surface area contributed by atoms with E-state index in [1.807, 2.05) is 0 Å². The molecule has 2 unspecified atom stereocenters. The molecule has 0 saturated heterocycles. The average molecular weight is 204 g/mol. The van der Waals surface area contributed by atoms with Crippen LogP contribution in [0, 0.1) is 5.92 Å². The summed E-state index contributed by atoms with van der Waals surface area (Å²) in [5, 5.41) is 17.0. The third-order valence-electron chi connectivity index (χ3n) is 1.95. The summed E-state index contributed by atoms with van der Waals surface area (Å²) < 4.78 is 0. The van der Waals surface area contributed by atoms with Gasteiger partial charge in [-0.05, 0) is 18.8 Å². The summed E-state index contributed by atoms with van der Waals surface area (Å²) in [5.74, 6) is -2.28. The third kappa shape index (κ3) is 4.78. The first-order chi connectivity index (χ1) is 6.34. The Bertz CT molecular complexity index is 197. The van der Waals surface area contributed by atoms with E-state index in [4.69, 9.17) is 21.7 Å². The molecule has 0 spiro atoms. The molecule has 0 rings (SSSR count). The molecule has 0 aromatic rings. The molecule has 6 N–H and O–H groups in total. The van der Waals surface area contributed by atoms with E-state index in [1.165, 1.54) is 0 Å². The Labute approximate surface area is 81.9 Å². The molecule has 0 saturated carbocycles. The summed E-state index contributed by atoms with van der Waals surface area (Å²) >= 11 is 0. The minimum absolute atomic E-state index is 0.118. The second kappa shape index (κ2) is 5.56. The van der Waals surface area contributed by atoms with Crippen molar-refractivity contribution in [2.45, 2.75) is 31.8 Å². The van der Waals surface area contributed by atoms with E-state index >= 15 is 0 Å². The molecule has 0 bridgehead atoms. The second-order valence-electron chi connectivity index (χ2n) is 3.47. The van der Waals surface area contributed by atoms with E-state index in [9.17, 15) is 9.59 Å². The molecule has 0 aromatic carbocycles. The number of nitrogens with two attached hydrogens (primary N) is 2. The molecular formula is C8H16N2O4. The van der Waals surface area contributed by atoms with Gasteiger partial charge in [0, 0.05) is 0 Å². The van der Waals surface area contributed by atoms with E-state index in [-0.39, 0.29) is 18.8 Å². The summed E-state index contributed by atoms with van der Waals surface area (Å²) in [6.45, 7) is 1.73. The van der Waals surface area contributed by atoms with Crippen LogP contribution >= 0.6 is 0 Å². The molecule has 0 aliphatic carbocycles. The van der Waals surface area contributed by atoms with Gasteiger partial charge in [0.15, 0.2) is 0 Å². The lowest BCUT2D eigenvalue weighted by Gasteiger charge is -2.16. The van der Waals surface area contributed by atoms with Crippen molar-refractivity contribution in [3.63, 3.8) is 0 Å². The molecule has 0 aromatic heterocycles. The van der Waals surface area contributed by atoms with Crippen molar-refractivity contribution in [3.05, 3.63) is 0 Å². The molecule has 82 valence electrons. The maximum atomic E-state index is 10.4. The fraction of sp³-hybridized carbons (Fsp3) is 0.750. The van der Waals surface area contributed by atoms with Gasteiger partial charge >= 0.3 is 11.9 Å². The Balaban J connectivity index is 3.92. The standard InChI is InChI=1S/C8H16N2O4/c1-4(2-5(9)7(11)12)3-6(10)8(13)14/h4-6H,2-3,9-10H2,1H3,(H,11,12)(H,13,14). The summed E-state index contributed by atoms with van der Waals surface area (Å²) in [6, 6.07) is -1.91. The molecule has 0 aliphatic heterocycles. The van der Waals surface area contributed by atoms with E-state index in [2.05, 4.69) is 0 Å². The molecular weight excluding hydrogens is 188 g/mol. The second-order valence-corrected chi connectivity index (χ2v) is 3.47. The first-order valence-corrected chi connectivity index (χ1v) is 4.31. The van der Waals surface area contributed by atoms with Crippen LogP contribution in [0.15, 0.2) is 0 Å². The van der Waals surface area contributed by atoms with Gasteiger partial charge in [-0.15, -0.1) is 0 Å². The lowest BCUT2D eigenvalue weighted by molar-refractivity contribution is -0.139. The molecule has 14 heavy (non-hydrogen) atoms. The molecule has 6 nitrogen and oxygen atoms in total. The van der Waals surface area contributed by atoms with E-state index in [0.29, 0.717) is 0 Å².